The Labute approximate surface area is 65.0 Å². The zero-order valence-electron chi connectivity index (χ0n) is 2.43. The Kier molecular flexibility index (Phi) is 9.25. The average Bonchev–Trinajstić information content (AvgIpc) is 0.811. The van der Waals surface area contributed by atoms with Crippen molar-refractivity contribution < 1.29 is 9.90 Å². The predicted molar refractivity (Wildman–Crippen MR) is 18.5 cm³/mol. The summed E-state index contributed by atoms with van der Waals surface area (Å²) < 4.78 is 0. The molecule has 2 nitrogen and oxygen atoms in total. The second-order valence-electron chi connectivity index (χ2n) is 0.250. The van der Waals surface area contributed by atoms with E-state index in [2.05, 4.69) is 12.6 Å². The number of hydrogen-bond acceptors (Lipinski definition) is 3. The fourth-order valence-electron chi connectivity index (χ4n) is 0. The van der Waals surface area contributed by atoms with E-state index in [0.717, 1.165) is 0 Å². The van der Waals surface area contributed by atoms with Gasteiger partial charge in [-0.3, -0.25) is 0 Å². The molecule has 0 aliphatic carbocycles. The van der Waals surface area contributed by atoms with Crippen molar-refractivity contribution in [3.63, 3.8) is 0 Å². The summed E-state index contributed by atoms with van der Waals surface area (Å²) >= 11 is 3.43. The van der Waals surface area contributed by atoms with Gasteiger partial charge in [0, 0.05) is 0 Å². The summed E-state index contributed by atoms with van der Waals surface area (Å²) in [5.74, 6) is 0. The van der Waals surface area contributed by atoms with Crippen molar-refractivity contribution in [1.82, 2.24) is 0 Å². The Morgan fingerprint density at radius 1 is 1.80 bits per heavy atom. The van der Waals surface area contributed by atoms with E-state index in [1.807, 2.05) is 0 Å². The Balaban J connectivity index is 0. The van der Waals surface area contributed by atoms with Gasteiger partial charge in [-0.1, -0.05) is 5.30 Å². The van der Waals surface area contributed by atoms with Crippen LogP contribution in [-0.2, 0) is 12.6 Å². The molecule has 0 saturated carbocycles. The molecule has 0 aromatic heterocycles. The smallest absolute Gasteiger partial charge is 0.764 e. The largest absolute Gasteiger partial charge is 2.00 e. The molecule has 0 spiro atoms. The predicted octanol–water partition coefficient (Wildman–Crippen LogP) is -1.50. The van der Waals surface area contributed by atoms with E-state index in [1.54, 1.807) is 0 Å². The second-order valence-corrected chi connectivity index (χ2v) is 0.583. The first-order valence-corrected chi connectivity index (χ1v) is 1.02. The first kappa shape index (κ1) is 9.34. The third kappa shape index (κ3) is 47.7. The Morgan fingerprint density at radius 2 is 1.80 bits per heavy atom. The first-order chi connectivity index (χ1) is 1.73. The van der Waals surface area contributed by atoms with Crippen LogP contribution in [0, 0.1) is 0 Å². The van der Waals surface area contributed by atoms with Gasteiger partial charge < -0.3 is 22.5 Å². The fraction of sp³-hybridized carbons (Fsp3) is 0. The van der Waals surface area contributed by atoms with Gasteiger partial charge >= 0.3 is 37.7 Å². The van der Waals surface area contributed by atoms with Crippen molar-refractivity contribution in [3.8, 4) is 0 Å². The summed E-state index contributed by atoms with van der Waals surface area (Å²) in [5.41, 5.74) is 0. The maximum atomic E-state index is 8.70. The van der Waals surface area contributed by atoms with E-state index in [-0.39, 0.29) is 37.7 Å². The van der Waals surface area contributed by atoms with E-state index in [0.29, 0.717) is 0 Å². The molecule has 24 valence electrons. The van der Waals surface area contributed by atoms with Gasteiger partial charge in [0.05, 0.1) is 0 Å². The molecule has 5 heavy (non-hydrogen) atoms. The summed E-state index contributed by atoms with van der Waals surface area (Å²) in [6, 6.07) is 0. The molecule has 0 fully saturated rings. The molecule has 4 heteroatoms. The molecule has 0 rings (SSSR count). The summed E-state index contributed by atoms with van der Waals surface area (Å²) in [5, 5.41) is 7.20. The van der Waals surface area contributed by atoms with Gasteiger partial charge in [0.1, 0.15) is 0 Å². The molecule has 0 N–H and O–H groups in total. The zero-order valence-corrected chi connectivity index (χ0v) is 5.46. The Bertz CT molecular complexity index is 32.6. The molecule has 0 aromatic carbocycles. The summed E-state index contributed by atoms with van der Waals surface area (Å²) in [6.45, 7) is 0. The SMILES string of the molecule is O=C([O-])[S-].[Ca+2]. The number of hydrogen-bond donors (Lipinski definition) is 0. The molecule has 0 aromatic rings. The first-order valence-electron chi connectivity index (χ1n) is 0.612. The minimum absolute atomic E-state index is 0. The van der Waals surface area contributed by atoms with Crippen LogP contribution in [0.3, 0.4) is 0 Å². The van der Waals surface area contributed by atoms with Crippen molar-refractivity contribution in [2.45, 2.75) is 0 Å². The molecule has 0 bridgehead atoms. The van der Waals surface area contributed by atoms with Crippen LogP contribution in [0.1, 0.15) is 0 Å². The second kappa shape index (κ2) is 4.95. The zero-order chi connectivity index (χ0) is 3.58. The van der Waals surface area contributed by atoms with E-state index in [9.17, 15) is 0 Å². The van der Waals surface area contributed by atoms with Crippen LogP contribution < -0.4 is 5.11 Å². The third-order valence-corrected chi connectivity index (χ3v) is 0. The van der Waals surface area contributed by atoms with Gasteiger partial charge in [-0.15, -0.1) is 0 Å². The van der Waals surface area contributed by atoms with Crippen LogP contribution in [0.25, 0.3) is 0 Å². The Hall–Kier alpha value is 0.950. The van der Waals surface area contributed by atoms with Crippen LogP contribution in [0.5, 0.6) is 0 Å². The normalized spacial score (nSPS) is 4.80. The molecule has 0 heterocycles. The number of rotatable bonds is 0. The average molecular weight is 116 g/mol. The van der Waals surface area contributed by atoms with Crippen LogP contribution in [0.15, 0.2) is 0 Å². The molecule has 0 radical (unpaired) electrons. The van der Waals surface area contributed by atoms with Gasteiger partial charge in [0.15, 0.2) is 0 Å². The molecule has 0 atom stereocenters. The van der Waals surface area contributed by atoms with Gasteiger partial charge in [-0.05, 0) is 0 Å². The molecule has 0 unspecified atom stereocenters. The van der Waals surface area contributed by atoms with Crippen molar-refractivity contribution >= 4 is 55.7 Å². The summed E-state index contributed by atoms with van der Waals surface area (Å²) in [7, 11) is 0. The maximum absolute atomic E-state index is 8.70. The minimum Gasteiger partial charge on any atom is -0.764 e. The number of carbonyl (C=O) groups is 1. The Morgan fingerprint density at radius 3 is 1.80 bits per heavy atom. The molecule has 0 aliphatic heterocycles. The molecular formula is CCaO2S. The van der Waals surface area contributed by atoms with Crippen LogP contribution in [-0.4, -0.2) is 43.0 Å². The molecule has 0 amide bonds. The van der Waals surface area contributed by atoms with E-state index < -0.39 is 5.30 Å². The molecular weight excluding hydrogens is 116 g/mol. The van der Waals surface area contributed by atoms with Gasteiger partial charge in [0.25, 0.3) is 0 Å². The quantitative estimate of drug-likeness (QED) is 0.285. The standard InChI is InChI=1S/CH2O2S.Ca/c2-1(3)4;/h4H,(H,2,3);/q;+2/p-2. The van der Waals surface area contributed by atoms with Gasteiger partial charge in [0.2, 0.25) is 0 Å². The van der Waals surface area contributed by atoms with Crippen molar-refractivity contribution in [2.24, 2.45) is 0 Å². The van der Waals surface area contributed by atoms with Gasteiger partial charge in [-0.2, -0.15) is 0 Å². The monoisotopic (exact) mass is 116 g/mol. The van der Waals surface area contributed by atoms with E-state index >= 15 is 0 Å². The van der Waals surface area contributed by atoms with E-state index in [4.69, 9.17) is 9.90 Å². The van der Waals surface area contributed by atoms with Crippen LogP contribution in [0.4, 0.5) is 4.79 Å². The maximum Gasteiger partial charge on any atom is 2.00 e. The number of carbonyl (C=O) groups excluding carboxylic acids is 1. The fourth-order valence-corrected chi connectivity index (χ4v) is 0. The van der Waals surface area contributed by atoms with Crippen molar-refractivity contribution in [3.05, 3.63) is 0 Å². The summed E-state index contributed by atoms with van der Waals surface area (Å²) in [6.07, 6.45) is 0. The van der Waals surface area contributed by atoms with Crippen molar-refractivity contribution in [2.75, 3.05) is 0 Å². The minimum atomic E-state index is -1.50. The third-order valence-electron chi connectivity index (χ3n) is 0. The van der Waals surface area contributed by atoms with Crippen LogP contribution >= 0.6 is 0 Å². The number of carboxylic acid groups (broad SMARTS) is 1. The molecule has 0 saturated heterocycles. The van der Waals surface area contributed by atoms with Gasteiger partial charge in [-0.25, -0.2) is 0 Å². The topological polar surface area (TPSA) is 40.1 Å². The van der Waals surface area contributed by atoms with E-state index in [1.165, 1.54) is 0 Å². The van der Waals surface area contributed by atoms with Crippen molar-refractivity contribution in [1.29, 1.82) is 0 Å². The summed E-state index contributed by atoms with van der Waals surface area (Å²) in [4.78, 5) is 8.70. The van der Waals surface area contributed by atoms with Crippen LogP contribution in [0.2, 0.25) is 0 Å². The molecule has 0 aliphatic rings.